The average Bonchev–Trinajstić information content (AvgIpc) is 3.56. The molecule has 4 rings (SSSR count). The highest BCUT2D eigenvalue weighted by atomic mass is 32.2. The van der Waals surface area contributed by atoms with E-state index in [1.54, 1.807) is 31.4 Å². The zero-order valence-electron chi connectivity index (χ0n) is 15.9. The van der Waals surface area contributed by atoms with Gasteiger partial charge in [-0.2, -0.15) is 0 Å². The number of ether oxygens (including phenoxy) is 1. The fraction of sp³-hybridized carbons (Fsp3) is 0.174. The monoisotopic (exact) mass is 407 g/mol. The number of amides is 1. The van der Waals surface area contributed by atoms with Gasteiger partial charge >= 0.3 is 0 Å². The van der Waals surface area contributed by atoms with Crippen molar-refractivity contribution in [2.45, 2.75) is 23.2 Å². The van der Waals surface area contributed by atoms with Crippen LogP contribution in [0.15, 0.2) is 77.7 Å². The highest BCUT2D eigenvalue weighted by Crippen LogP contribution is 2.49. The quantitative estimate of drug-likeness (QED) is 0.585. The number of hydrogen-bond acceptors (Lipinski definition) is 3. The summed E-state index contributed by atoms with van der Waals surface area (Å²) in [6, 6.07) is 22.1. The van der Waals surface area contributed by atoms with Crippen molar-refractivity contribution >= 4 is 22.7 Å². The first kappa shape index (κ1) is 19.4. The molecule has 0 aromatic heterocycles. The maximum atomic E-state index is 13.0. The topological polar surface area (TPSA) is 75.6 Å². The number of carbonyl (C=O) groups is 1. The van der Waals surface area contributed by atoms with Gasteiger partial charge in [0.25, 0.3) is 0 Å². The molecule has 3 aromatic rings. The molecular weight excluding hydrogens is 386 g/mol. The van der Waals surface area contributed by atoms with Crippen LogP contribution < -0.4 is 10.1 Å². The molecule has 1 atom stereocenters. The van der Waals surface area contributed by atoms with Gasteiger partial charge in [-0.05, 0) is 65.9 Å². The van der Waals surface area contributed by atoms with E-state index in [-0.39, 0.29) is 5.91 Å². The Morgan fingerprint density at radius 1 is 1.00 bits per heavy atom. The lowest BCUT2D eigenvalue weighted by atomic mass is 9.94. The number of anilines is 1. The smallest absolute Gasteiger partial charge is 0.235 e. The highest BCUT2D eigenvalue weighted by Gasteiger charge is 2.51. The molecule has 1 unspecified atom stereocenters. The zero-order valence-corrected chi connectivity index (χ0v) is 16.7. The van der Waals surface area contributed by atoms with Gasteiger partial charge in [-0.1, -0.05) is 36.4 Å². The summed E-state index contributed by atoms with van der Waals surface area (Å²) in [5, 5.41) is 3.05. The summed E-state index contributed by atoms with van der Waals surface area (Å²) in [4.78, 5) is 13.4. The van der Waals surface area contributed by atoms with Crippen LogP contribution in [0, 0.1) is 0 Å². The van der Waals surface area contributed by atoms with Crippen molar-refractivity contribution in [1.29, 1.82) is 0 Å². The molecule has 0 radical (unpaired) electrons. The normalized spacial score (nSPS) is 15.4. The van der Waals surface area contributed by atoms with Gasteiger partial charge in [0.2, 0.25) is 5.91 Å². The molecule has 1 aliphatic rings. The fourth-order valence-corrected chi connectivity index (χ4v) is 3.84. The molecule has 0 aliphatic heterocycles. The van der Waals surface area contributed by atoms with Crippen LogP contribution in [-0.2, 0) is 21.3 Å². The van der Waals surface area contributed by atoms with E-state index >= 15 is 0 Å². The Morgan fingerprint density at radius 2 is 1.69 bits per heavy atom. The second-order valence-electron chi connectivity index (χ2n) is 7.12. The molecule has 3 aromatic carbocycles. The molecule has 0 heterocycles. The van der Waals surface area contributed by atoms with Gasteiger partial charge in [-0.3, -0.25) is 4.79 Å². The molecule has 6 heteroatoms. The Balaban J connectivity index is 1.53. The summed E-state index contributed by atoms with van der Waals surface area (Å²) in [6.07, 6.45) is 1.65. The first-order valence-electron chi connectivity index (χ1n) is 9.29. The van der Waals surface area contributed by atoms with Crippen molar-refractivity contribution < 1.29 is 18.3 Å². The van der Waals surface area contributed by atoms with E-state index < -0.39 is 16.5 Å². The molecule has 0 bridgehead atoms. The molecule has 2 N–H and O–H groups in total. The van der Waals surface area contributed by atoms with Crippen LogP contribution in [0.1, 0.15) is 18.4 Å². The Bertz CT molecular complexity index is 1060. The maximum absolute atomic E-state index is 13.0. The summed E-state index contributed by atoms with van der Waals surface area (Å²) >= 11 is -1.99. The summed E-state index contributed by atoms with van der Waals surface area (Å²) in [5.74, 6) is 0.763. The third kappa shape index (κ3) is 3.95. The van der Waals surface area contributed by atoms with Gasteiger partial charge in [0.05, 0.1) is 17.4 Å². The van der Waals surface area contributed by atoms with Crippen LogP contribution in [0.3, 0.4) is 0 Å². The van der Waals surface area contributed by atoms with E-state index in [2.05, 4.69) is 5.32 Å². The predicted octanol–water partition coefficient (Wildman–Crippen LogP) is 4.61. The summed E-state index contributed by atoms with van der Waals surface area (Å²) in [7, 11) is 1.62. The van der Waals surface area contributed by atoms with E-state index in [1.165, 1.54) is 0 Å². The van der Waals surface area contributed by atoms with Gasteiger partial charge in [0, 0.05) is 5.69 Å². The van der Waals surface area contributed by atoms with E-state index in [0.717, 1.165) is 41.0 Å². The first-order chi connectivity index (χ1) is 14.0. The third-order valence-electron chi connectivity index (χ3n) is 5.34. The van der Waals surface area contributed by atoms with Gasteiger partial charge in [0.15, 0.2) is 11.1 Å². The maximum Gasteiger partial charge on any atom is 0.235 e. The fourth-order valence-electron chi connectivity index (χ4n) is 3.47. The van der Waals surface area contributed by atoms with Crippen LogP contribution in [0.25, 0.3) is 11.1 Å². The second kappa shape index (κ2) is 7.81. The third-order valence-corrected chi connectivity index (χ3v) is 6.01. The van der Waals surface area contributed by atoms with Crippen molar-refractivity contribution in [3.8, 4) is 16.9 Å². The predicted molar refractivity (Wildman–Crippen MR) is 113 cm³/mol. The van der Waals surface area contributed by atoms with Crippen LogP contribution in [0.5, 0.6) is 5.75 Å². The standard InChI is InChI=1S/C23H21NO4S/c1-28-20-9-7-18(8-10-20)23(13-14-23)22(25)24-19-4-2-3-17(15-19)16-5-11-21(12-6-16)29(26)27/h2-12,15H,13-14H2,1H3,(H,24,25)(H,26,27). The summed E-state index contributed by atoms with van der Waals surface area (Å²) in [5.41, 5.74) is 3.08. The Morgan fingerprint density at radius 3 is 2.28 bits per heavy atom. The molecule has 1 amide bonds. The zero-order chi connectivity index (χ0) is 20.4. The van der Waals surface area contributed by atoms with Crippen LogP contribution in [0.4, 0.5) is 5.69 Å². The van der Waals surface area contributed by atoms with E-state index in [9.17, 15) is 9.00 Å². The van der Waals surface area contributed by atoms with Crippen LogP contribution in [0.2, 0.25) is 0 Å². The largest absolute Gasteiger partial charge is 0.497 e. The van der Waals surface area contributed by atoms with E-state index in [0.29, 0.717) is 4.90 Å². The molecule has 148 valence electrons. The van der Waals surface area contributed by atoms with Crippen LogP contribution in [-0.4, -0.2) is 21.8 Å². The van der Waals surface area contributed by atoms with Crippen molar-refractivity contribution in [1.82, 2.24) is 0 Å². The average molecular weight is 407 g/mol. The van der Waals surface area contributed by atoms with Gasteiger partial charge in [-0.25, -0.2) is 4.21 Å². The van der Waals surface area contributed by atoms with E-state index in [4.69, 9.17) is 9.29 Å². The minimum atomic E-state index is -1.99. The van der Waals surface area contributed by atoms with E-state index in [1.807, 2.05) is 48.5 Å². The highest BCUT2D eigenvalue weighted by molar-refractivity contribution is 7.79. The lowest BCUT2D eigenvalue weighted by molar-refractivity contribution is -0.118. The Kier molecular flexibility index (Phi) is 5.22. The van der Waals surface area contributed by atoms with Crippen molar-refractivity contribution in [2.24, 2.45) is 0 Å². The molecule has 1 aliphatic carbocycles. The molecule has 29 heavy (non-hydrogen) atoms. The number of carbonyl (C=O) groups excluding carboxylic acids is 1. The van der Waals surface area contributed by atoms with Crippen molar-refractivity contribution in [3.63, 3.8) is 0 Å². The number of hydrogen-bond donors (Lipinski definition) is 2. The second-order valence-corrected chi connectivity index (χ2v) is 8.09. The number of rotatable bonds is 6. The summed E-state index contributed by atoms with van der Waals surface area (Å²) < 4.78 is 25.5. The number of nitrogens with one attached hydrogen (secondary N) is 1. The lowest BCUT2D eigenvalue weighted by Crippen LogP contribution is -2.27. The first-order valence-corrected chi connectivity index (χ1v) is 10.4. The lowest BCUT2D eigenvalue weighted by Gasteiger charge is -2.17. The molecule has 0 saturated heterocycles. The van der Waals surface area contributed by atoms with Gasteiger partial charge in [0.1, 0.15) is 5.75 Å². The van der Waals surface area contributed by atoms with Crippen molar-refractivity contribution in [2.75, 3.05) is 12.4 Å². The SMILES string of the molecule is COc1ccc(C2(C(=O)Nc3cccc(-c4ccc(S(=O)O)cc4)c3)CC2)cc1. The minimum absolute atomic E-state index is 0.00848. The minimum Gasteiger partial charge on any atom is -0.497 e. The molecule has 5 nitrogen and oxygen atoms in total. The summed E-state index contributed by atoms with van der Waals surface area (Å²) in [6.45, 7) is 0. The van der Waals surface area contributed by atoms with Crippen LogP contribution >= 0.6 is 0 Å². The Hall–Kier alpha value is -2.96. The molecular formula is C23H21NO4S. The van der Waals surface area contributed by atoms with Gasteiger partial charge in [-0.15, -0.1) is 0 Å². The molecule has 1 saturated carbocycles. The molecule has 0 spiro atoms. The molecule has 1 fully saturated rings. The Labute approximate surface area is 172 Å². The van der Waals surface area contributed by atoms with Crippen molar-refractivity contribution in [3.05, 3.63) is 78.4 Å². The number of benzene rings is 3. The van der Waals surface area contributed by atoms with Gasteiger partial charge < -0.3 is 14.6 Å². The number of methoxy groups -OCH3 is 1.